The van der Waals surface area contributed by atoms with Gasteiger partial charge in [0, 0.05) is 12.7 Å². The molecule has 1 saturated heterocycles. The van der Waals surface area contributed by atoms with Gasteiger partial charge in [-0.25, -0.2) is 0 Å². The van der Waals surface area contributed by atoms with Crippen LogP contribution in [0.1, 0.15) is 33.1 Å². The lowest BCUT2D eigenvalue weighted by Crippen LogP contribution is -2.39. The normalized spacial score (nSPS) is 20.6. The van der Waals surface area contributed by atoms with Crippen molar-refractivity contribution in [3.8, 4) is 0 Å². The molecule has 0 bridgehead atoms. The maximum absolute atomic E-state index is 5.64. The lowest BCUT2D eigenvalue weighted by Gasteiger charge is -2.38. The summed E-state index contributed by atoms with van der Waals surface area (Å²) in [5, 5.41) is 4.21. The molecule has 0 atom stereocenters. The third kappa shape index (κ3) is 3.22. The molecule has 2 rings (SSSR count). The van der Waals surface area contributed by atoms with Crippen LogP contribution in [0.5, 0.6) is 0 Å². The largest absolute Gasteiger partial charge is 0.396 e. The van der Waals surface area contributed by atoms with E-state index in [0.29, 0.717) is 5.41 Å². The zero-order chi connectivity index (χ0) is 12.3. The second-order valence-corrected chi connectivity index (χ2v) is 5.54. The van der Waals surface area contributed by atoms with E-state index in [1.165, 1.54) is 32.4 Å². The first-order chi connectivity index (χ1) is 8.11. The second kappa shape index (κ2) is 5.08. The Morgan fingerprint density at radius 3 is 2.59 bits per heavy atom. The van der Waals surface area contributed by atoms with E-state index in [-0.39, 0.29) is 0 Å². The SMILES string of the molecule is CCC1(C)CCN(CCn2cc(N)cn2)CC1. The third-order valence-electron chi connectivity index (χ3n) is 4.22. The maximum Gasteiger partial charge on any atom is 0.0719 e. The molecule has 4 nitrogen and oxygen atoms in total. The molecule has 1 aromatic rings. The van der Waals surface area contributed by atoms with Gasteiger partial charge in [-0.2, -0.15) is 5.10 Å². The zero-order valence-electron chi connectivity index (χ0n) is 11.0. The summed E-state index contributed by atoms with van der Waals surface area (Å²) in [6.07, 6.45) is 7.57. The van der Waals surface area contributed by atoms with Crippen LogP contribution in [0.4, 0.5) is 5.69 Å². The Balaban J connectivity index is 1.75. The van der Waals surface area contributed by atoms with Gasteiger partial charge in [-0.1, -0.05) is 20.3 Å². The Kier molecular flexibility index (Phi) is 3.72. The van der Waals surface area contributed by atoms with Crippen LogP contribution in [-0.2, 0) is 6.54 Å². The molecule has 17 heavy (non-hydrogen) atoms. The van der Waals surface area contributed by atoms with Crippen LogP contribution in [-0.4, -0.2) is 34.3 Å². The summed E-state index contributed by atoms with van der Waals surface area (Å²) in [5.74, 6) is 0. The first-order valence-corrected chi connectivity index (χ1v) is 6.62. The van der Waals surface area contributed by atoms with Gasteiger partial charge in [-0.15, -0.1) is 0 Å². The minimum Gasteiger partial charge on any atom is -0.396 e. The van der Waals surface area contributed by atoms with Crippen LogP contribution in [0.2, 0.25) is 0 Å². The van der Waals surface area contributed by atoms with E-state index in [4.69, 9.17) is 5.73 Å². The number of nitrogens with two attached hydrogens (primary N) is 1. The van der Waals surface area contributed by atoms with Crippen molar-refractivity contribution in [2.45, 2.75) is 39.7 Å². The molecular weight excluding hydrogens is 212 g/mol. The fraction of sp³-hybridized carbons (Fsp3) is 0.769. The molecule has 0 saturated carbocycles. The van der Waals surface area contributed by atoms with E-state index in [1.54, 1.807) is 6.20 Å². The molecule has 0 aliphatic carbocycles. The minimum atomic E-state index is 0.576. The average Bonchev–Trinajstić information content (AvgIpc) is 2.75. The molecule has 1 aromatic heterocycles. The van der Waals surface area contributed by atoms with Crippen LogP contribution in [0.15, 0.2) is 12.4 Å². The van der Waals surface area contributed by atoms with Gasteiger partial charge in [0.1, 0.15) is 0 Å². The van der Waals surface area contributed by atoms with Gasteiger partial charge in [0.2, 0.25) is 0 Å². The van der Waals surface area contributed by atoms with Crippen LogP contribution in [0.25, 0.3) is 0 Å². The summed E-state index contributed by atoms with van der Waals surface area (Å²) < 4.78 is 1.93. The molecule has 2 N–H and O–H groups in total. The Bertz CT molecular complexity index is 350. The molecule has 96 valence electrons. The fourth-order valence-electron chi connectivity index (χ4n) is 2.42. The van der Waals surface area contributed by atoms with Crippen molar-refractivity contribution in [3.63, 3.8) is 0 Å². The van der Waals surface area contributed by atoms with Crippen molar-refractivity contribution in [1.82, 2.24) is 14.7 Å². The Labute approximate surface area is 104 Å². The highest BCUT2D eigenvalue weighted by Crippen LogP contribution is 2.33. The van der Waals surface area contributed by atoms with E-state index in [1.807, 2.05) is 10.9 Å². The van der Waals surface area contributed by atoms with Crippen molar-refractivity contribution >= 4 is 5.69 Å². The number of hydrogen-bond acceptors (Lipinski definition) is 3. The summed E-state index contributed by atoms with van der Waals surface area (Å²) in [4.78, 5) is 2.54. The summed E-state index contributed by atoms with van der Waals surface area (Å²) in [6.45, 7) is 9.20. The highest BCUT2D eigenvalue weighted by atomic mass is 15.3. The fourth-order valence-corrected chi connectivity index (χ4v) is 2.42. The number of likely N-dealkylation sites (tertiary alicyclic amines) is 1. The van der Waals surface area contributed by atoms with E-state index in [2.05, 4.69) is 23.8 Å². The molecule has 0 spiro atoms. The summed E-state index contributed by atoms with van der Waals surface area (Å²) in [6, 6.07) is 0. The van der Waals surface area contributed by atoms with Gasteiger partial charge in [0.05, 0.1) is 18.4 Å². The van der Waals surface area contributed by atoms with E-state index in [0.717, 1.165) is 18.8 Å². The van der Waals surface area contributed by atoms with Gasteiger partial charge in [0.25, 0.3) is 0 Å². The van der Waals surface area contributed by atoms with Gasteiger partial charge in [-0.05, 0) is 31.3 Å². The summed E-state index contributed by atoms with van der Waals surface area (Å²) in [5.41, 5.74) is 6.97. The lowest BCUT2D eigenvalue weighted by molar-refractivity contribution is 0.111. The monoisotopic (exact) mass is 236 g/mol. The van der Waals surface area contributed by atoms with Gasteiger partial charge in [0.15, 0.2) is 0 Å². The number of nitrogens with zero attached hydrogens (tertiary/aromatic N) is 3. The predicted molar refractivity (Wildman–Crippen MR) is 70.7 cm³/mol. The van der Waals surface area contributed by atoms with Gasteiger partial charge in [-0.3, -0.25) is 4.68 Å². The minimum absolute atomic E-state index is 0.576. The molecular formula is C13H24N4. The highest BCUT2D eigenvalue weighted by Gasteiger charge is 2.27. The Hall–Kier alpha value is -1.03. The number of piperidine rings is 1. The highest BCUT2D eigenvalue weighted by molar-refractivity contribution is 5.30. The number of anilines is 1. The quantitative estimate of drug-likeness (QED) is 0.869. The molecule has 1 aliphatic heterocycles. The molecule has 0 unspecified atom stereocenters. The van der Waals surface area contributed by atoms with Gasteiger partial charge < -0.3 is 10.6 Å². The van der Waals surface area contributed by atoms with Gasteiger partial charge >= 0.3 is 0 Å². The van der Waals surface area contributed by atoms with Crippen molar-refractivity contribution in [2.24, 2.45) is 5.41 Å². The van der Waals surface area contributed by atoms with Crippen molar-refractivity contribution in [1.29, 1.82) is 0 Å². The molecule has 1 aliphatic rings. The summed E-state index contributed by atoms with van der Waals surface area (Å²) >= 11 is 0. The van der Waals surface area contributed by atoms with Crippen molar-refractivity contribution in [2.75, 3.05) is 25.4 Å². The smallest absolute Gasteiger partial charge is 0.0719 e. The lowest BCUT2D eigenvalue weighted by atomic mass is 9.78. The maximum atomic E-state index is 5.64. The number of hydrogen-bond donors (Lipinski definition) is 1. The number of aromatic nitrogens is 2. The molecule has 0 aromatic carbocycles. The molecule has 0 radical (unpaired) electrons. The third-order valence-corrected chi connectivity index (χ3v) is 4.22. The molecule has 1 fully saturated rings. The van der Waals surface area contributed by atoms with Crippen LogP contribution < -0.4 is 5.73 Å². The van der Waals surface area contributed by atoms with Crippen LogP contribution >= 0.6 is 0 Å². The van der Waals surface area contributed by atoms with Crippen molar-refractivity contribution < 1.29 is 0 Å². The molecule has 4 heteroatoms. The zero-order valence-corrected chi connectivity index (χ0v) is 11.0. The second-order valence-electron chi connectivity index (χ2n) is 5.54. The van der Waals surface area contributed by atoms with E-state index in [9.17, 15) is 0 Å². The Morgan fingerprint density at radius 1 is 1.35 bits per heavy atom. The molecule has 2 heterocycles. The van der Waals surface area contributed by atoms with Crippen molar-refractivity contribution in [3.05, 3.63) is 12.4 Å². The predicted octanol–water partition coefficient (Wildman–Crippen LogP) is 1.98. The number of rotatable bonds is 4. The first kappa shape index (κ1) is 12.4. The summed E-state index contributed by atoms with van der Waals surface area (Å²) in [7, 11) is 0. The first-order valence-electron chi connectivity index (χ1n) is 6.62. The number of nitrogen functional groups attached to an aromatic ring is 1. The van der Waals surface area contributed by atoms with Crippen LogP contribution in [0.3, 0.4) is 0 Å². The Morgan fingerprint density at radius 2 is 2.06 bits per heavy atom. The van der Waals surface area contributed by atoms with E-state index >= 15 is 0 Å². The molecule has 0 amide bonds. The van der Waals surface area contributed by atoms with Crippen LogP contribution in [0, 0.1) is 5.41 Å². The average molecular weight is 236 g/mol. The van der Waals surface area contributed by atoms with E-state index < -0.39 is 0 Å². The standard InChI is InChI=1S/C13H24N4/c1-3-13(2)4-6-16(7-5-13)8-9-17-11-12(14)10-15-17/h10-11H,3-9,14H2,1-2H3. The topological polar surface area (TPSA) is 47.1 Å².